The van der Waals surface area contributed by atoms with Crippen LogP contribution in [0.4, 0.5) is 0 Å². The van der Waals surface area contributed by atoms with Crippen molar-refractivity contribution < 1.29 is 14.6 Å². The number of phenolic OH excluding ortho intramolecular Hbond substituents is 1. The predicted octanol–water partition coefficient (Wildman–Crippen LogP) is 2.47. The zero-order valence-electron chi connectivity index (χ0n) is 11.8. The summed E-state index contributed by atoms with van der Waals surface area (Å²) in [6, 6.07) is 12.0. The number of carbonyl (C=O) groups is 1. The zero-order valence-corrected chi connectivity index (χ0v) is 11.8. The van der Waals surface area contributed by atoms with Crippen LogP contribution in [-0.2, 0) is 0 Å². The molecule has 0 unspecified atom stereocenters. The number of aromatic hydroxyl groups is 1. The zero-order chi connectivity index (χ0) is 15.2. The van der Waals surface area contributed by atoms with Crippen LogP contribution in [0, 0.1) is 6.92 Å². The fraction of sp³-hybridized carbons (Fsp3) is 0.125. The van der Waals surface area contributed by atoms with Crippen molar-refractivity contribution in [3.05, 3.63) is 59.2 Å². The minimum atomic E-state index is -0.306. The Morgan fingerprint density at radius 1 is 1.24 bits per heavy atom. The summed E-state index contributed by atoms with van der Waals surface area (Å²) in [5.41, 5.74) is 4.50. The highest BCUT2D eigenvalue weighted by molar-refractivity contribution is 5.95. The van der Waals surface area contributed by atoms with Crippen LogP contribution >= 0.6 is 0 Å². The molecule has 0 saturated carbocycles. The smallest absolute Gasteiger partial charge is 0.271 e. The van der Waals surface area contributed by atoms with Crippen LogP contribution in [0.15, 0.2) is 47.6 Å². The number of ether oxygens (including phenoxy) is 1. The van der Waals surface area contributed by atoms with Gasteiger partial charge in [-0.05, 0) is 31.2 Å². The van der Waals surface area contributed by atoms with Gasteiger partial charge in [0.15, 0.2) is 0 Å². The molecule has 2 N–H and O–H groups in total. The van der Waals surface area contributed by atoms with E-state index in [-0.39, 0.29) is 11.7 Å². The van der Waals surface area contributed by atoms with E-state index in [0.29, 0.717) is 16.9 Å². The lowest BCUT2D eigenvalue weighted by molar-refractivity contribution is 0.0955. The number of hydrogen-bond donors (Lipinski definition) is 2. The molecule has 0 atom stereocenters. The molecule has 21 heavy (non-hydrogen) atoms. The third kappa shape index (κ3) is 3.82. The lowest BCUT2D eigenvalue weighted by atomic mass is 10.1. The van der Waals surface area contributed by atoms with E-state index in [4.69, 9.17) is 4.74 Å². The first-order valence-corrected chi connectivity index (χ1v) is 6.37. The molecule has 0 aliphatic carbocycles. The van der Waals surface area contributed by atoms with Crippen LogP contribution in [0.25, 0.3) is 0 Å². The average Bonchev–Trinajstić information content (AvgIpc) is 2.49. The van der Waals surface area contributed by atoms with Crippen molar-refractivity contribution in [2.45, 2.75) is 6.92 Å². The van der Waals surface area contributed by atoms with E-state index in [9.17, 15) is 9.90 Å². The first-order chi connectivity index (χ1) is 10.1. The molecule has 2 aromatic rings. The SMILES string of the molecule is COc1ccc(/C=N/NC(=O)c2ccc(C)cc2)c(O)c1. The topological polar surface area (TPSA) is 70.9 Å². The Morgan fingerprint density at radius 3 is 2.57 bits per heavy atom. The summed E-state index contributed by atoms with van der Waals surface area (Å²) < 4.78 is 4.99. The number of phenols is 1. The van der Waals surface area contributed by atoms with Crippen molar-refractivity contribution in [1.29, 1.82) is 0 Å². The number of hydrogen-bond acceptors (Lipinski definition) is 4. The summed E-state index contributed by atoms with van der Waals surface area (Å²) in [6.45, 7) is 1.95. The van der Waals surface area contributed by atoms with Gasteiger partial charge in [0.1, 0.15) is 11.5 Å². The van der Waals surface area contributed by atoms with E-state index in [0.717, 1.165) is 5.56 Å². The van der Waals surface area contributed by atoms with Gasteiger partial charge in [0.2, 0.25) is 0 Å². The maximum atomic E-state index is 11.8. The molecule has 0 aliphatic rings. The number of carbonyl (C=O) groups excluding carboxylic acids is 1. The van der Waals surface area contributed by atoms with Crippen molar-refractivity contribution >= 4 is 12.1 Å². The second-order valence-electron chi connectivity index (χ2n) is 4.49. The largest absolute Gasteiger partial charge is 0.507 e. The Kier molecular flexibility index (Phi) is 4.56. The molecular formula is C16H16N2O3. The molecule has 5 nitrogen and oxygen atoms in total. The number of amides is 1. The molecule has 0 fully saturated rings. The van der Waals surface area contributed by atoms with Crippen molar-refractivity contribution in [3.8, 4) is 11.5 Å². The standard InChI is InChI=1S/C16H16N2O3/c1-11-3-5-12(6-4-11)16(20)18-17-10-13-7-8-14(21-2)9-15(13)19/h3-10,19H,1-2H3,(H,18,20)/b17-10+. The number of nitrogens with one attached hydrogen (secondary N) is 1. The Labute approximate surface area is 122 Å². The molecule has 0 aliphatic heterocycles. The van der Waals surface area contributed by atoms with Crippen LogP contribution in [0.2, 0.25) is 0 Å². The van der Waals surface area contributed by atoms with Gasteiger partial charge >= 0.3 is 0 Å². The minimum Gasteiger partial charge on any atom is -0.507 e. The van der Waals surface area contributed by atoms with E-state index < -0.39 is 0 Å². The Bertz CT molecular complexity index is 664. The number of benzene rings is 2. The maximum Gasteiger partial charge on any atom is 0.271 e. The van der Waals surface area contributed by atoms with Gasteiger partial charge in [-0.1, -0.05) is 17.7 Å². The van der Waals surface area contributed by atoms with Gasteiger partial charge in [0, 0.05) is 17.2 Å². The van der Waals surface area contributed by atoms with Gasteiger partial charge < -0.3 is 9.84 Å². The van der Waals surface area contributed by atoms with E-state index in [1.54, 1.807) is 24.3 Å². The number of rotatable bonds is 4. The number of aryl methyl sites for hydroxylation is 1. The van der Waals surface area contributed by atoms with E-state index >= 15 is 0 Å². The van der Waals surface area contributed by atoms with Crippen LogP contribution in [0.3, 0.4) is 0 Å². The normalized spacial score (nSPS) is 10.6. The fourth-order valence-electron chi connectivity index (χ4n) is 1.69. The monoisotopic (exact) mass is 284 g/mol. The molecule has 5 heteroatoms. The summed E-state index contributed by atoms with van der Waals surface area (Å²) >= 11 is 0. The van der Waals surface area contributed by atoms with E-state index in [1.807, 2.05) is 19.1 Å². The van der Waals surface area contributed by atoms with Gasteiger partial charge in [0.05, 0.1) is 13.3 Å². The van der Waals surface area contributed by atoms with Crippen molar-refractivity contribution in [3.63, 3.8) is 0 Å². The number of methoxy groups -OCH3 is 1. The van der Waals surface area contributed by atoms with Gasteiger partial charge in [0.25, 0.3) is 5.91 Å². The van der Waals surface area contributed by atoms with E-state index in [2.05, 4.69) is 10.5 Å². The Balaban J connectivity index is 2.02. The van der Waals surface area contributed by atoms with Gasteiger partial charge in [-0.15, -0.1) is 0 Å². The molecular weight excluding hydrogens is 268 g/mol. The summed E-state index contributed by atoms with van der Waals surface area (Å²) in [4.78, 5) is 11.8. The highest BCUT2D eigenvalue weighted by Crippen LogP contribution is 2.21. The number of hydrazone groups is 1. The third-order valence-corrected chi connectivity index (χ3v) is 2.92. The summed E-state index contributed by atoms with van der Waals surface area (Å²) in [6.07, 6.45) is 1.38. The van der Waals surface area contributed by atoms with Crippen LogP contribution in [-0.4, -0.2) is 24.3 Å². The number of nitrogens with zero attached hydrogens (tertiary/aromatic N) is 1. The van der Waals surface area contributed by atoms with Crippen LogP contribution in [0.1, 0.15) is 21.5 Å². The highest BCUT2D eigenvalue weighted by Gasteiger charge is 2.04. The average molecular weight is 284 g/mol. The second kappa shape index (κ2) is 6.56. The molecule has 0 bridgehead atoms. The molecule has 2 aromatic carbocycles. The minimum absolute atomic E-state index is 0.0303. The molecule has 0 radical (unpaired) electrons. The summed E-state index contributed by atoms with van der Waals surface area (Å²) in [5.74, 6) is 0.273. The third-order valence-electron chi connectivity index (χ3n) is 2.92. The van der Waals surface area contributed by atoms with Gasteiger partial charge in [-0.3, -0.25) is 4.79 Å². The molecule has 108 valence electrons. The highest BCUT2D eigenvalue weighted by atomic mass is 16.5. The molecule has 0 spiro atoms. The quantitative estimate of drug-likeness (QED) is 0.669. The van der Waals surface area contributed by atoms with Crippen molar-refractivity contribution in [2.75, 3.05) is 7.11 Å². The van der Waals surface area contributed by atoms with Crippen LogP contribution < -0.4 is 10.2 Å². The summed E-state index contributed by atoms with van der Waals surface area (Å²) in [5, 5.41) is 13.6. The summed E-state index contributed by atoms with van der Waals surface area (Å²) in [7, 11) is 1.52. The maximum absolute atomic E-state index is 11.8. The van der Waals surface area contributed by atoms with E-state index in [1.165, 1.54) is 19.4 Å². The molecule has 2 rings (SSSR count). The fourth-order valence-corrected chi connectivity index (χ4v) is 1.69. The molecule has 1 amide bonds. The first-order valence-electron chi connectivity index (χ1n) is 6.37. The van der Waals surface area contributed by atoms with Crippen molar-refractivity contribution in [1.82, 2.24) is 5.43 Å². The molecule has 0 saturated heterocycles. The van der Waals surface area contributed by atoms with Gasteiger partial charge in [-0.25, -0.2) is 5.43 Å². The molecule has 0 heterocycles. The van der Waals surface area contributed by atoms with Crippen molar-refractivity contribution in [2.24, 2.45) is 5.10 Å². The lowest BCUT2D eigenvalue weighted by Gasteiger charge is -2.03. The van der Waals surface area contributed by atoms with Gasteiger partial charge in [-0.2, -0.15) is 5.10 Å². The van der Waals surface area contributed by atoms with Crippen LogP contribution in [0.5, 0.6) is 11.5 Å². The predicted molar refractivity (Wildman–Crippen MR) is 80.9 cm³/mol. The first kappa shape index (κ1) is 14.6. The Morgan fingerprint density at radius 2 is 1.95 bits per heavy atom. The molecule has 0 aromatic heterocycles. The lowest BCUT2D eigenvalue weighted by Crippen LogP contribution is -2.17. The second-order valence-corrected chi connectivity index (χ2v) is 4.49. The Hall–Kier alpha value is -2.82.